The van der Waals surface area contributed by atoms with Crippen molar-refractivity contribution in [3.63, 3.8) is 0 Å². The monoisotopic (exact) mass is 697 g/mol. The highest BCUT2D eigenvalue weighted by Gasteiger charge is 2.24. The molecule has 10 aromatic rings. The van der Waals surface area contributed by atoms with Gasteiger partial charge in [0, 0.05) is 21.5 Å². The third-order valence-corrected chi connectivity index (χ3v) is 10.5. The van der Waals surface area contributed by atoms with E-state index in [-0.39, 0.29) is 5.56 Å². The molecule has 0 aliphatic heterocycles. The van der Waals surface area contributed by atoms with Crippen LogP contribution in [0.4, 0.5) is 8.78 Å². The lowest BCUT2D eigenvalue weighted by atomic mass is 9.98. The molecule has 3 nitrogen and oxygen atoms in total. The Morgan fingerprint density at radius 3 is 1.26 bits per heavy atom. The normalized spacial score (nSPS) is 11.5. The molecule has 0 unspecified atom stereocenters. The van der Waals surface area contributed by atoms with E-state index < -0.39 is 11.6 Å². The van der Waals surface area contributed by atoms with Crippen LogP contribution in [0.15, 0.2) is 176 Å². The van der Waals surface area contributed by atoms with Gasteiger partial charge in [0.25, 0.3) is 0 Å². The molecule has 0 amide bonds. The van der Waals surface area contributed by atoms with Crippen LogP contribution in [0.25, 0.3) is 88.4 Å². The lowest BCUT2D eigenvalue weighted by Crippen LogP contribution is -2.06. The maximum Gasteiger partial charge on any atom is 0.133 e. The summed E-state index contributed by atoms with van der Waals surface area (Å²) in [5.74, 6) is -1.36. The van der Waals surface area contributed by atoms with Crippen LogP contribution in [0.5, 0.6) is 0 Å². The van der Waals surface area contributed by atoms with Crippen LogP contribution in [0.1, 0.15) is 5.56 Å². The zero-order valence-electron chi connectivity index (χ0n) is 28.8. The third-order valence-electron chi connectivity index (χ3n) is 10.5. The molecule has 0 aliphatic carbocycles. The molecule has 0 aliphatic rings. The zero-order chi connectivity index (χ0) is 36.3. The summed E-state index contributed by atoms with van der Waals surface area (Å²) in [6.45, 7) is 0. The Morgan fingerprint density at radius 2 is 0.796 bits per heavy atom. The summed E-state index contributed by atoms with van der Waals surface area (Å²) in [6, 6.07) is 59.2. The minimum atomic E-state index is -0.682. The summed E-state index contributed by atoms with van der Waals surface area (Å²) in [6.07, 6.45) is 0. The number of halogens is 2. The maximum atomic E-state index is 15.8. The number of hydrogen-bond acceptors (Lipinski definition) is 1. The van der Waals surface area contributed by atoms with Crippen LogP contribution >= 0.6 is 0 Å². The molecule has 5 heteroatoms. The highest BCUT2D eigenvalue weighted by molar-refractivity contribution is 6.12. The van der Waals surface area contributed by atoms with Crippen molar-refractivity contribution in [2.45, 2.75) is 0 Å². The van der Waals surface area contributed by atoms with Crippen molar-refractivity contribution in [2.24, 2.45) is 0 Å². The number of benzene rings is 8. The third kappa shape index (κ3) is 4.85. The predicted molar refractivity (Wildman–Crippen MR) is 216 cm³/mol. The van der Waals surface area contributed by atoms with Gasteiger partial charge in [-0.25, -0.2) is 8.78 Å². The number of para-hydroxylation sites is 2. The molecule has 54 heavy (non-hydrogen) atoms. The van der Waals surface area contributed by atoms with Crippen molar-refractivity contribution in [3.05, 3.63) is 193 Å². The molecule has 254 valence electrons. The molecule has 0 N–H and O–H groups in total. The molecule has 0 fully saturated rings. The Kier molecular flexibility index (Phi) is 7.24. The van der Waals surface area contributed by atoms with Gasteiger partial charge in [-0.05, 0) is 76.3 Å². The predicted octanol–water partition coefficient (Wildman–Crippen LogP) is 13.0. The van der Waals surface area contributed by atoms with Crippen molar-refractivity contribution in [3.8, 4) is 50.8 Å². The van der Waals surface area contributed by atoms with E-state index in [1.807, 2.05) is 72.8 Å². The second-order valence-corrected chi connectivity index (χ2v) is 13.5. The van der Waals surface area contributed by atoms with E-state index in [0.29, 0.717) is 22.5 Å². The standard InChI is InChI=1S/C49H29F2N3/c50-41-18-11-19-42(51)49(41)35-28-47(53-43-20-9-7-16-36(43)38-24-22-33(26-45(38)53)31-12-3-1-4-13-31)40(30-52)48(29-35)54-44-21-10-8-17-37(44)39-25-23-34(27-46(39)54)32-14-5-2-6-15-32/h1-29H. The summed E-state index contributed by atoms with van der Waals surface area (Å²) in [7, 11) is 0. The van der Waals surface area contributed by atoms with Gasteiger partial charge in [0.1, 0.15) is 23.3 Å². The Labute approximate surface area is 309 Å². The van der Waals surface area contributed by atoms with Crippen molar-refractivity contribution in [2.75, 3.05) is 0 Å². The highest BCUT2D eigenvalue weighted by atomic mass is 19.1. The van der Waals surface area contributed by atoms with E-state index >= 15 is 8.78 Å². The van der Waals surface area contributed by atoms with Crippen LogP contribution in [0, 0.1) is 23.0 Å². The van der Waals surface area contributed by atoms with E-state index in [1.54, 1.807) is 12.1 Å². The first-order chi connectivity index (χ1) is 26.6. The number of hydrogen-bond donors (Lipinski definition) is 0. The van der Waals surface area contributed by atoms with Gasteiger partial charge in [0.15, 0.2) is 0 Å². The fraction of sp³-hybridized carbons (Fsp3) is 0. The van der Waals surface area contributed by atoms with Crippen molar-refractivity contribution < 1.29 is 8.78 Å². The van der Waals surface area contributed by atoms with Crippen LogP contribution < -0.4 is 0 Å². The largest absolute Gasteiger partial charge is 0.308 e. The van der Waals surface area contributed by atoms with Gasteiger partial charge in [0.05, 0.1) is 39.0 Å². The smallest absolute Gasteiger partial charge is 0.133 e. The van der Waals surface area contributed by atoms with Crippen LogP contribution in [0.2, 0.25) is 0 Å². The number of nitriles is 1. The number of nitrogens with zero attached hydrogens (tertiary/aromatic N) is 3. The fourth-order valence-corrected chi connectivity index (χ4v) is 8.08. The van der Waals surface area contributed by atoms with Gasteiger partial charge in [-0.3, -0.25) is 0 Å². The summed E-state index contributed by atoms with van der Waals surface area (Å²) >= 11 is 0. The molecule has 2 heterocycles. The van der Waals surface area contributed by atoms with Gasteiger partial charge >= 0.3 is 0 Å². The summed E-state index contributed by atoms with van der Waals surface area (Å²) < 4.78 is 35.8. The zero-order valence-corrected chi connectivity index (χ0v) is 28.8. The molecule has 0 spiro atoms. The topological polar surface area (TPSA) is 33.6 Å². The molecule has 0 saturated carbocycles. The summed E-state index contributed by atoms with van der Waals surface area (Å²) in [5, 5.41) is 15.3. The SMILES string of the molecule is N#Cc1c(-n2c3ccccc3c3ccc(-c4ccccc4)cc32)cc(-c2c(F)cccc2F)cc1-n1c2ccccc2c2ccc(-c3ccccc3)cc21. The number of aromatic nitrogens is 2. The summed E-state index contributed by atoms with van der Waals surface area (Å²) in [4.78, 5) is 0. The molecule has 2 aromatic heterocycles. The summed E-state index contributed by atoms with van der Waals surface area (Å²) in [5.41, 5.74) is 9.22. The Hall–Kier alpha value is -7.29. The highest BCUT2D eigenvalue weighted by Crippen LogP contribution is 2.42. The minimum Gasteiger partial charge on any atom is -0.308 e. The fourth-order valence-electron chi connectivity index (χ4n) is 8.08. The Balaban J connectivity index is 1.36. The number of fused-ring (bicyclic) bond motifs is 6. The Morgan fingerprint density at radius 1 is 0.370 bits per heavy atom. The second kappa shape index (κ2) is 12.4. The van der Waals surface area contributed by atoms with E-state index in [0.717, 1.165) is 65.9 Å². The van der Waals surface area contributed by atoms with Crippen LogP contribution in [0.3, 0.4) is 0 Å². The van der Waals surface area contributed by atoms with Gasteiger partial charge in [-0.1, -0.05) is 127 Å². The van der Waals surface area contributed by atoms with E-state index in [2.05, 4.69) is 88.0 Å². The van der Waals surface area contributed by atoms with Crippen LogP contribution in [-0.2, 0) is 0 Å². The van der Waals surface area contributed by atoms with Gasteiger partial charge in [-0.15, -0.1) is 0 Å². The first-order valence-electron chi connectivity index (χ1n) is 17.8. The van der Waals surface area contributed by atoms with E-state index in [1.165, 1.54) is 18.2 Å². The molecular weight excluding hydrogens is 669 g/mol. The molecule has 8 aromatic carbocycles. The van der Waals surface area contributed by atoms with E-state index in [9.17, 15) is 5.26 Å². The Bertz CT molecular complexity index is 2930. The van der Waals surface area contributed by atoms with E-state index in [4.69, 9.17) is 0 Å². The van der Waals surface area contributed by atoms with Crippen molar-refractivity contribution in [1.82, 2.24) is 9.13 Å². The van der Waals surface area contributed by atoms with Crippen molar-refractivity contribution >= 4 is 43.6 Å². The van der Waals surface area contributed by atoms with Crippen LogP contribution in [-0.4, -0.2) is 9.13 Å². The lowest BCUT2D eigenvalue weighted by Gasteiger charge is -2.19. The van der Waals surface area contributed by atoms with Gasteiger partial charge in [0.2, 0.25) is 0 Å². The lowest BCUT2D eigenvalue weighted by molar-refractivity contribution is 0.589. The second-order valence-electron chi connectivity index (χ2n) is 13.5. The number of rotatable bonds is 5. The molecule has 0 bridgehead atoms. The quantitative estimate of drug-likeness (QED) is 0.176. The molecule has 0 atom stereocenters. The minimum absolute atomic E-state index is 0.152. The van der Waals surface area contributed by atoms with Gasteiger partial charge < -0.3 is 9.13 Å². The molecular formula is C49H29F2N3. The molecule has 0 saturated heterocycles. The van der Waals surface area contributed by atoms with Crippen molar-refractivity contribution in [1.29, 1.82) is 5.26 Å². The first kappa shape index (κ1) is 31.4. The van der Waals surface area contributed by atoms with Gasteiger partial charge in [-0.2, -0.15) is 5.26 Å². The first-order valence-corrected chi connectivity index (χ1v) is 17.8. The average Bonchev–Trinajstić information content (AvgIpc) is 3.73. The molecule has 10 rings (SSSR count). The maximum absolute atomic E-state index is 15.8. The molecule has 0 radical (unpaired) electrons. The average molecular weight is 698 g/mol.